The predicted octanol–water partition coefficient (Wildman–Crippen LogP) is 6.61. The number of nitrogens with one attached hydrogen (secondary N) is 3. The summed E-state index contributed by atoms with van der Waals surface area (Å²) in [5.41, 5.74) is 8.15. The Kier molecular flexibility index (Phi) is 8.34. The van der Waals surface area contributed by atoms with Gasteiger partial charge in [0.1, 0.15) is 16.5 Å². The molecule has 9 nitrogen and oxygen atoms in total. The van der Waals surface area contributed by atoms with Crippen LogP contribution in [0.25, 0.3) is 33.2 Å². The minimum Gasteiger partial charge on any atom is -0.315 e. The monoisotopic (exact) mass is 527 g/mol. The molecule has 0 saturated heterocycles. The molecular formula is C26H22ClN9S. The zero-order valence-corrected chi connectivity index (χ0v) is 21.5. The van der Waals surface area contributed by atoms with Gasteiger partial charge in [-0.05, 0) is 61.4 Å². The molecule has 0 unspecified atom stereocenters. The van der Waals surface area contributed by atoms with E-state index in [4.69, 9.17) is 22.4 Å². The number of aromatic nitrogens is 6. The highest BCUT2D eigenvalue weighted by molar-refractivity contribution is 7.13. The zero-order valence-electron chi connectivity index (χ0n) is 20.0. The second-order valence-electron chi connectivity index (χ2n) is 7.50. The lowest BCUT2D eigenvalue weighted by Gasteiger charge is -2.05. The van der Waals surface area contributed by atoms with Crippen molar-refractivity contribution < 1.29 is 0 Å². The molecule has 0 radical (unpaired) electrons. The molecule has 5 rings (SSSR count). The average molecular weight is 528 g/mol. The molecule has 5 heterocycles. The van der Waals surface area contributed by atoms with E-state index in [2.05, 4.69) is 35.5 Å². The smallest absolute Gasteiger partial charge is 0.210 e. The molecule has 0 aliphatic carbocycles. The van der Waals surface area contributed by atoms with E-state index in [1.807, 2.05) is 56.3 Å². The van der Waals surface area contributed by atoms with Crippen LogP contribution in [0.1, 0.15) is 25.0 Å². The highest BCUT2D eigenvalue weighted by Gasteiger charge is 2.05. The first-order chi connectivity index (χ1) is 18.0. The van der Waals surface area contributed by atoms with Crippen LogP contribution in [-0.2, 0) is 0 Å². The molecular weight excluding hydrogens is 506 g/mol. The first-order valence-electron chi connectivity index (χ1n) is 11.1. The summed E-state index contributed by atoms with van der Waals surface area (Å²) < 4.78 is 0. The van der Waals surface area contributed by atoms with Crippen molar-refractivity contribution in [1.29, 1.82) is 10.8 Å². The van der Waals surface area contributed by atoms with Gasteiger partial charge in [-0.3, -0.25) is 9.97 Å². The van der Waals surface area contributed by atoms with Crippen LogP contribution in [0.15, 0.2) is 66.5 Å². The summed E-state index contributed by atoms with van der Waals surface area (Å²) in [6.07, 6.45) is 9.83. The molecule has 0 spiro atoms. The fraction of sp³-hybridized carbons (Fsp3) is 0.0769. The van der Waals surface area contributed by atoms with Crippen molar-refractivity contribution in [2.75, 3.05) is 5.32 Å². The molecule has 0 aliphatic heterocycles. The third-order valence-electron chi connectivity index (χ3n) is 5.24. The Hall–Kier alpha value is -4.41. The predicted molar refractivity (Wildman–Crippen MR) is 152 cm³/mol. The second-order valence-corrected chi connectivity index (χ2v) is 8.72. The van der Waals surface area contributed by atoms with Crippen LogP contribution >= 0.6 is 22.9 Å². The van der Waals surface area contributed by atoms with Gasteiger partial charge < -0.3 is 16.1 Å². The first-order valence-corrected chi connectivity index (χ1v) is 12.4. The molecule has 0 atom stereocenters. The Morgan fingerprint density at radius 1 is 0.838 bits per heavy atom. The van der Waals surface area contributed by atoms with Crippen LogP contribution in [0.2, 0.25) is 5.15 Å². The normalized spacial score (nSPS) is 11.6. The number of rotatable bonds is 6. The van der Waals surface area contributed by atoms with Gasteiger partial charge in [0, 0.05) is 35.9 Å². The fourth-order valence-corrected chi connectivity index (χ4v) is 3.98. The lowest BCUT2D eigenvalue weighted by atomic mass is 10.1. The number of anilines is 2. The standard InChI is InChI=1S/C14H12N6S.C12H10ClN3/c1-2-9(6-15)10-5-12-11(16-7-10)3-4-13(18-12)19-14-20-17-8-21-14;1-2-8(6-14)9-5-11-10(15-7-9)3-4-12(13)16-11/h2-8,15H,1H3,(H,18,19,20);2-7,14H,1H3/b9-2+,15-6?;8-2+,14-6?. The van der Waals surface area contributed by atoms with Crippen LogP contribution < -0.4 is 5.32 Å². The number of nitrogens with zero attached hydrogens (tertiary/aromatic N) is 6. The quantitative estimate of drug-likeness (QED) is 0.167. The van der Waals surface area contributed by atoms with Crippen molar-refractivity contribution in [3.05, 3.63) is 82.7 Å². The van der Waals surface area contributed by atoms with E-state index in [0.29, 0.717) is 16.1 Å². The van der Waals surface area contributed by atoms with Crippen LogP contribution in [0.3, 0.4) is 0 Å². The maximum absolute atomic E-state index is 7.41. The number of hydrogen-bond donors (Lipinski definition) is 3. The minimum atomic E-state index is 0.448. The Balaban J connectivity index is 0.000000180. The molecule has 184 valence electrons. The molecule has 0 amide bonds. The van der Waals surface area contributed by atoms with Gasteiger partial charge in [0.05, 0.1) is 22.1 Å². The van der Waals surface area contributed by atoms with Crippen LogP contribution in [-0.4, -0.2) is 42.6 Å². The van der Waals surface area contributed by atoms with E-state index in [1.165, 1.54) is 23.8 Å². The summed E-state index contributed by atoms with van der Waals surface area (Å²) in [5, 5.41) is 26.6. The van der Waals surface area contributed by atoms with Crippen molar-refractivity contribution in [3.8, 4) is 0 Å². The van der Waals surface area contributed by atoms with Crippen molar-refractivity contribution in [3.63, 3.8) is 0 Å². The number of allylic oxidation sites excluding steroid dienone is 4. The third kappa shape index (κ3) is 6.24. The lowest BCUT2D eigenvalue weighted by Crippen LogP contribution is -1.95. The molecule has 11 heteroatoms. The summed E-state index contributed by atoms with van der Waals surface area (Å²) >= 11 is 7.23. The van der Waals surface area contributed by atoms with Gasteiger partial charge in [-0.15, -0.1) is 10.2 Å². The van der Waals surface area contributed by atoms with E-state index < -0.39 is 0 Å². The Labute approximate surface area is 222 Å². The van der Waals surface area contributed by atoms with Crippen molar-refractivity contribution >= 4 is 79.5 Å². The van der Waals surface area contributed by atoms with Crippen molar-refractivity contribution in [2.45, 2.75) is 13.8 Å². The maximum atomic E-state index is 7.41. The number of fused-ring (bicyclic) bond motifs is 2. The van der Waals surface area contributed by atoms with E-state index >= 15 is 0 Å². The maximum Gasteiger partial charge on any atom is 0.210 e. The fourth-order valence-electron chi connectivity index (χ4n) is 3.38. The zero-order chi connectivity index (χ0) is 26.2. The number of hydrogen-bond acceptors (Lipinski definition) is 10. The molecule has 3 N–H and O–H groups in total. The molecule has 5 aromatic heterocycles. The summed E-state index contributed by atoms with van der Waals surface area (Å²) in [4.78, 5) is 17.4. The average Bonchev–Trinajstić information content (AvgIpc) is 3.43. The van der Waals surface area contributed by atoms with Crippen LogP contribution in [0, 0.1) is 10.8 Å². The minimum absolute atomic E-state index is 0.448. The highest BCUT2D eigenvalue weighted by atomic mass is 35.5. The molecule has 37 heavy (non-hydrogen) atoms. The van der Waals surface area contributed by atoms with Crippen LogP contribution in [0.4, 0.5) is 10.9 Å². The molecule has 5 aromatic rings. The molecule has 0 aliphatic rings. The molecule has 0 fully saturated rings. The Bertz CT molecular complexity index is 1630. The third-order valence-corrected chi connectivity index (χ3v) is 6.05. The van der Waals surface area contributed by atoms with E-state index in [9.17, 15) is 0 Å². The summed E-state index contributed by atoms with van der Waals surface area (Å²) in [6, 6.07) is 11.1. The summed E-state index contributed by atoms with van der Waals surface area (Å²) in [6.45, 7) is 3.78. The SMILES string of the molecule is C/C=C(\C=N)c1cnc2ccc(Cl)nc2c1.C/C=C(\C=N)c1cnc2ccc(Nc3nncs3)nc2c1. The lowest BCUT2D eigenvalue weighted by molar-refractivity contribution is 1.09. The highest BCUT2D eigenvalue weighted by Crippen LogP contribution is 2.21. The largest absolute Gasteiger partial charge is 0.315 e. The van der Waals surface area contributed by atoms with Gasteiger partial charge in [-0.2, -0.15) is 0 Å². The summed E-state index contributed by atoms with van der Waals surface area (Å²) in [5.74, 6) is 0.690. The van der Waals surface area contributed by atoms with E-state index in [0.717, 1.165) is 44.3 Å². The Morgan fingerprint density at radius 2 is 1.43 bits per heavy atom. The van der Waals surface area contributed by atoms with E-state index in [-0.39, 0.29) is 0 Å². The summed E-state index contributed by atoms with van der Waals surface area (Å²) in [7, 11) is 0. The van der Waals surface area contributed by atoms with Crippen molar-refractivity contribution in [2.24, 2.45) is 0 Å². The second kappa shape index (κ2) is 12.0. The molecule has 0 bridgehead atoms. The van der Waals surface area contributed by atoms with E-state index in [1.54, 1.807) is 24.0 Å². The van der Waals surface area contributed by atoms with Gasteiger partial charge in [0.25, 0.3) is 0 Å². The van der Waals surface area contributed by atoms with Gasteiger partial charge in [-0.25, -0.2) is 9.97 Å². The Morgan fingerprint density at radius 3 is 1.97 bits per heavy atom. The molecule has 0 aromatic carbocycles. The molecule has 0 saturated carbocycles. The van der Waals surface area contributed by atoms with Gasteiger partial charge in [0.15, 0.2) is 0 Å². The van der Waals surface area contributed by atoms with Gasteiger partial charge >= 0.3 is 0 Å². The van der Waals surface area contributed by atoms with Gasteiger partial charge in [-0.1, -0.05) is 35.1 Å². The number of pyridine rings is 4. The first kappa shape index (κ1) is 25.7. The van der Waals surface area contributed by atoms with Crippen LogP contribution in [0.5, 0.6) is 0 Å². The topological polar surface area (TPSA) is 137 Å². The van der Waals surface area contributed by atoms with Crippen molar-refractivity contribution in [1.82, 2.24) is 30.1 Å². The number of halogens is 1. The van der Waals surface area contributed by atoms with Gasteiger partial charge in [0.2, 0.25) is 5.13 Å².